The molecular weight excluding hydrogens is 270 g/mol. The number of fused-ring (bicyclic) bond motifs is 1. The number of hydrogen-bond acceptors (Lipinski definition) is 5. The van der Waals surface area contributed by atoms with Crippen molar-refractivity contribution in [1.82, 2.24) is 0 Å². The Kier molecular flexibility index (Phi) is 3.88. The van der Waals surface area contributed by atoms with Gasteiger partial charge in [0.05, 0.1) is 23.7 Å². The molecule has 21 heavy (non-hydrogen) atoms. The zero-order valence-corrected chi connectivity index (χ0v) is 12.2. The third-order valence-corrected chi connectivity index (χ3v) is 3.79. The van der Waals surface area contributed by atoms with Crippen LogP contribution < -0.4 is 20.7 Å². The van der Waals surface area contributed by atoms with Crippen molar-refractivity contribution in [2.24, 2.45) is 5.92 Å². The monoisotopic (exact) mass is 291 g/mol. The summed E-state index contributed by atoms with van der Waals surface area (Å²) in [6, 6.07) is 3.61. The third-order valence-electron chi connectivity index (χ3n) is 3.79. The van der Waals surface area contributed by atoms with E-state index in [-0.39, 0.29) is 12.5 Å². The van der Waals surface area contributed by atoms with Crippen LogP contribution in [-0.2, 0) is 9.53 Å². The molecule has 0 bridgehead atoms. The highest BCUT2D eigenvalue weighted by Crippen LogP contribution is 2.36. The lowest BCUT2D eigenvalue weighted by molar-refractivity contribution is -0.118. The molecule has 6 heteroatoms. The first-order chi connectivity index (χ1) is 10.1. The number of nitrogens with two attached hydrogens (primary N) is 1. The van der Waals surface area contributed by atoms with Crippen LogP contribution in [0.3, 0.4) is 0 Å². The predicted molar refractivity (Wildman–Crippen MR) is 81.8 cm³/mol. The van der Waals surface area contributed by atoms with E-state index in [1.54, 1.807) is 6.07 Å². The van der Waals surface area contributed by atoms with E-state index in [0.717, 1.165) is 24.8 Å². The van der Waals surface area contributed by atoms with E-state index in [2.05, 4.69) is 5.32 Å². The Morgan fingerprint density at radius 2 is 2.29 bits per heavy atom. The Balaban J connectivity index is 1.62. The highest BCUT2D eigenvalue weighted by molar-refractivity contribution is 5.97. The Morgan fingerprint density at radius 3 is 3.05 bits per heavy atom. The van der Waals surface area contributed by atoms with Gasteiger partial charge in [0.15, 0.2) is 6.61 Å². The molecule has 0 saturated heterocycles. The van der Waals surface area contributed by atoms with Gasteiger partial charge >= 0.3 is 0 Å². The van der Waals surface area contributed by atoms with Crippen LogP contribution in [0, 0.1) is 5.92 Å². The summed E-state index contributed by atoms with van der Waals surface area (Å²) in [6.07, 6.45) is 2.60. The number of amides is 1. The van der Waals surface area contributed by atoms with Crippen molar-refractivity contribution in [3.63, 3.8) is 0 Å². The van der Waals surface area contributed by atoms with Crippen LogP contribution >= 0.6 is 0 Å². The van der Waals surface area contributed by atoms with Gasteiger partial charge in [-0.1, -0.05) is 0 Å². The number of anilines is 3. The van der Waals surface area contributed by atoms with Crippen LogP contribution in [-0.4, -0.2) is 39.3 Å². The van der Waals surface area contributed by atoms with Crippen LogP contribution in [0.1, 0.15) is 12.8 Å². The van der Waals surface area contributed by atoms with Gasteiger partial charge in [0, 0.05) is 26.3 Å². The lowest BCUT2D eigenvalue weighted by atomic mass is 10.2. The molecule has 0 atom stereocenters. The van der Waals surface area contributed by atoms with E-state index < -0.39 is 0 Å². The van der Waals surface area contributed by atoms with Crippen LogP contribution in [0.15, 0.2) is 12.1 Å². The summed E-state index contributed by atoms with van der Waals surface area (Å²) < 4.78 is 11.0. The van der Waals surface area contributed by atoms with Gasteiger partial charge < -0.3 is 25.4 Å². The Labute approximate surface area is 124 Å². The number of carbonyl (C=O) groups excluding carboxylic acids is 1. The van der Waals surface area contributed by atoms with Gasteiger partial charge in [0.1, 0.15) is 5.75 Å². The molecule has 1 aliphatic carbocycles. The van der Waals surface area contributed by atoms with Gasteiger partial charge in [-0.15, -0.1) is 0 Å². The molecule has 3 N–H and O–H groups in total. The average Bonchev–Trinajstić information content (AvgIpc) is 3.27. The predicted octanol–water partition coefficient (Wildman–Crippen LogP) is 1.46. The van der Waals surface area contributed by atoms with Crippen molar-refractivity contribution < 1.29 is 14.3 Å². The zero-order chi connectivity index (χ0) is 14.8. The second-order valence-electron chi connectivity index (χ2n) is 5.68. The number of rotatable bonds is 6. The molecule has 6 nitrogen and oxygen atoms in total. The second-order valence-corrected chi connectivity index (χ2v) is 5.68. The maximum absolute atomic E-state index is 11.4. The average molecular weight is 291 g/mol. The summed E-state index contributed by atoms with van der Waals surface area (Å²) in [4.78, 5) is 13.4. The lowest BCUT2D eigenvalue weighted by Crippen LogP contribution is -2.27. The van der Waals surface area contributed by atoms with Gasteiger partial charge in [-0.2, -0.15) is 0 Å². The molecule has 0 aromatic heterocycles. The summed E-state index contributed by atoms with van der Waals surface area (Å²) >= 11 is 0. The van der Waals surface area contributed by atoms with Gasteiger partial charge in [0.2, 0.25) is 0 Å². The second kappa shape index (κ2) is 5.81. The molecule has 1 heterocycles. The maximum Gasteiger partial charge on any atom is 0.262 e. The Bertz CT molecular complexity index is 543. The van der Waals surface area contributed by atoms with Gasteiger partial charge in [-0.25, -0.2) is 0 Å². The molecule has 0 radical (unpaired) electrons. The number of carbonyl (C=O) groups is 1. The van der Waals surface area contributed by atoms with E-state index in [1.165, 1.54) is 12.8 Å². The first kappa shape index (κ1) is 14.0. The van der Waals surface area contributed by atoms with Gasteiger partial charge in [0.25, 0.3) is 5.91 Å². The third kappa shape index (κ3) is 3.39. The number of nitrogens with one attached hydrogen (secondary N) is 1. The first-order valence-corrected chi connectivity index (χ1v) is 7.28. The zero-order valence-electron chi connectivity index (χ0n) is 12.2. The number of ether oxygens (including phenoxy) is 2. The van der Waals surface area contributed by atoms with E-state index in [4.69, 9.17) is 15.2 Å². The summed E-state index contributed by atoms with van der Waals surface area (Å²) in [7, 11) is 1.96. The van der Waals surface area contributed by atoms with Crippen molar-refractivity contribution in [1.29, 1.82) is 0 Å². The number of hydrogen-bond donors (Lipinski definition) is 2. The number of benzene rings is 1. The van der Waals surface area contributed by atoms with E-state index in [0.29, 0.717) is 23.7 Å². The van der Waals surface area contributed by atoms with Gasteiger partial charge in [-0.05, 0) is 24.8 Å². The molecule has 1 aliphatic heterocycles. The highest BCUT2D eigenvalue weighted by Gasteiger charge is 2.21. The van der Waals surface area contributed by atoms with Crippen molar-refractivity contribution in [2.45, 2.75) is 12.8 Å². The summed E-state index contributed by atoms with van der Waals surface area (Å²) in [6.45, 7) is 2.32. The van der Waals surface area contributed by atoms with Crippen molar-refractivity contribution >= 4 is 23.0 Å². The highest BCUT2D eigenvalue weighted by atomic mass is 16.5. The standard InChI is InChI=1S/C15H21N3O3/c1-18(4-5-20-8-10-2-3-10)13-7-12-14(6-11(13)16)21-9-15(19)17-12/h6-7,10H,2-5,8-9,16H2,1H3,(H,17,19). The molecule has 0 spiro atoms. The summed E-state index contributed by atoms with van der Waals surface area (Å²) in [5, 5.41) is 2.80. The summed E-state index contributed by atoms with van der Waals surface area (Å²) in [5.74, 6) is 1.25. The van der Waals surface area contributed by atoms with Crippen LogP contribution in [0.25, 0.3) is 0 Å². The summed E-state index contributed by atoms with van der Waals surface area (Å²) in [5.41, 5.74) is 8.24. The molecule has 1 amide bonds. The smallest absolute Gasteiger partial charge is 0.262 e. The molecule has 1 fully saturated rings. The van der Waals surface area contributed by atoms with Crippen molar-refractivity contribution in [2.75, 3.05) is 49.4 Å². The molecular formula is C15H21N3O3. The fourth-order valence-corrected chi connectivity index (χ4v) is 2.32. The lowest BCUT2D eigenvalue weighted by Gasteiger charge is -2.25. The molecule has 1 aromatic rings. The Morgan fingerprint density at radius 1 is 1.48 bits per heavy atom. The Hall–Kier alpha value is -1.95. The molecule has 1 aromatic carbocycles. The van der Waals surface area contributed by atoms with Crippen LogP contribution in [0.2, 0.25) is 0 Å². The fraction of sp³-hybridized carbons (Fsp3) is 0.533. The maximum atomic E-state index is 11.4. The minimum atomic E-state index is -0.145. The van der Waals surface area contributed by atoms with Crippen molar-refractivity contribution in [3.8, 4) is 5.75 Å². The van der Waals surface area contributed by atoms with E-state index in [1.807, 2.05) is 18.0 Å². The minimum absolute atomic E-state index is 0.0383. The van der Waals surface area contributed by atoms with Crippen LogP contribution in [0.5, 0.6) is 5.75 Å². The van der Waals surface area contributed by atoms with Crippen molar-refractivity contribution in [3.05, 3.63) is 12.1 Å². The quantitative estimate of drug-likeness (QED) is 0.613. The van der Waals surface area contributed by atoms with E-state index in [9.17, 15) is 4.79 Å². The topological polar surface area (TPSA) is 76.8 Å². The minimum Gasteiger partial charge on any atom is -0.482 e. The first-order valence-electron chi connectivity index (χ1n) is 7.28. The molecule has 3 rings (SSSR count). The largest absolute Gasteiger partial charge is 0.482 e. The SMILES string of the molecule is CN(CCOCC1CC1)c1cc2c(cc1N)OCC(=O)N2. The number of likely N-dealkylation sites (N-methyl/N-ethyl adjacent to an activating group) is 1. The molecule has 114 valence electrons. The fourth-order valence-electron chi connectivity index (χ4n) is 2.32. The molecule has 1 saturated carbocycles. The number of nitrogen functional groups attached to an aromatic ring is 1. The van der Waals surface area contributed by atoms with Gasteiger partial charge in [-0.3, -0.25) is 4.79 Å². The molecule has 0 unspecified atom stereocenters. The molecule has 2 aliphatic rings. The van der Waals surface area contributed by atoms with Crippen LogP contribution in [0.4, 0.5) is 17.1 Å². The number of nitrogens with zero attached hydrogens (tertiary/aromatic N) is 1. The van der Waals surface area contributed by atoms with E-state index >= 15 is 0 Å². The normalized spacial score (nSPS) is 16.9.